The van der Waals surface area contributed by atoms with Crippen molar-refractivity contribution in [2.45, 2.75) is 44.6 Å². The fraction of sp³-hybridized carbons (Fsp3) is 0.375. The molecule has 0 aliphatic heterocycles. The molecule has 2 aromatic rings. The van der Waals surface area contributed by atoms with Crippen LogP contribution in [-0.4, -0.2) is 35.2 Å². The van der Waals surface area contributed by atoms with E-state index in [1.54, 1.807) is 48.5 Å². The lowest BCUT2D eigenvalue weighted by Crippen LogP contribution is -2.57. The Morgan fingerprint density at radius 1 is 1.03 bits per heavy atom. The number of carbonyl (C=O) groups is 3. The molecule has 0 aromatic heterocycles. The summed E-state index contributed by atoms with van der Waals surface area (Å²) in [5.41, 5.74) is -1.84. The topological polar surface area (TPSA) is 80.7 Å². The van der Waals surface area contributed by atoms with Crippen molar-refractivity contribution in [3.63, 3.8) is 0 Å². The Labute approximate surface area is 181 Å². The van der Waals surface area contributed by atoms with Gasteiger partial charge in [0.2, 0.25) is 0 Å². The van der Waals surface area contributed by atoms with E-state index < -0.39 is 28.5 Å². The zero-order chi connectivity index (χ0) is 22.1. The Bertz CT molecular complexity index is 940. The normalized spacial score (nSPS) is 18.7. The lowest BCUT2D eigenvalue weighted by Gasteiger charge is -2.41. The first kappa shape index (κ1) is 22.2. The SMILES string of the molecule is COc1ccc(C(=O)CC(c2ccc(Cl)cc2)C2(O)C(=O)CC(C)(C)CC2=O)cc1. The van der Waals surface area contributed by atoms with Crippen LogP contribution in [0.15, 0.2) is 48.5 Å². The number of Topliss-reactive ketones (excluding diaryl/α,β-unsaturated/α-hetero) is 3. The number of hydrogen-bond acceptors (Lipinski definition) is 5. The lowest BCUT2D eigenvalue weighted by atomic mass is 9.63. The second-order valence-corrected chi connectivity index (χ2v) is 9.03. The van der Waals surface area contributed by atoms with E-state index in [2.05, 4.69) is 0 Å². The molecule has 30 heavy (non-hydrogen) atoms. The van der Waals surface area contributed by atoms with Crippen LogP contribution in [0.4, 0.5) is 0 Å². The predicted molar refractivity (Wildman–Crippen MR) is 114 cm³/mol. The van der Waals surface area contributed by atoms with Crippen molar-refractivity contribution in [3.05, 3.63) is 64.7 Å². The van der Waals surface area contributed by atoms with Crippen LogP contribution in [-0.2, 0) is 9.59 Å². The van der Waals surface area contributed by atoms with Crippen LogP contribution in [0.2, 0.25) is 5.02 Å². The Balaban J connectivity index is 2.00. The molecule has 1 atom stereocenters. The van der Waals surface area contributed by atoms with E-state index in [0.717, 1.165) is 0 Å². The molecule has 0 bridgehead atoms. The molecule has 158 valence electrons. The van der Waals surface area contributed by atoms with Crippen LogP contribution >= 0.6 is 11.6 Å². The summed E-state index contributed by atoms with van der Waals surface area (Å²) in [4.78, 5) is 39.0. The van der Waals surface area contributed by atoms with Gasteiger partial charge in [0.05, 0.1) is 7.11 Å². The van der Waals surface area contributed by atoms with Gasteiger partial charge in [-0.05, 0) is 47.4 Å². The van der Waals surface area contributed by atoms with Gasteiger partial charge in [-0.15, -0.1) is 0 Å². The van der Waals surface area contributed by atoms with Gasteiger partial charge in [-0.25, -0.2) is 0 Å². The third-order valence-corrected chi connectivity index (χ3v) is 5.96. The number of ether oxygens (including phenoxy) is 1. The smallest absolute Gasteiger partial charge is 0.188 e. The fourth-order valence-corrected chi connectivity index (χ4v) is 4.15. The second kappa shape index (κ2) is 8.32. The summed E-state index contributed by atoms with van der Waals surface area (Å²) in [5.74, 6) is -1.77. The highest BCUT2D eigenvalue weighted by Crippen LogP contribution is 2.44. The number of benzene rings is 2. The molecular weight excluding hydrogens is 404 g/mol. The molecule has 0 heterocycles. The van der Waals surface area contributed by atoms with Gasteiger partial charge in [0.25, 0.3) is 0 Å². The second-order valence-electron chi connectivity index (χ2n) is 8.59. The Morgan fingerprint density at radius 3 is 2.07 bits per heavy atom. The zero-order valence-corrected chi connectivity index (χ0v) is 18.0. The van der Waals surface area contributed by atoms with Gasteiger partial charge in [-0.2, -0.15) is 0 Å². The Morgan fingerprint density at radius 2 is 1.57 bits per heavy atom. The molecule has 3 rings (SSSR count). The average Bonchev–Trinajstić information content (AvgIpc) is 2.70. The van der Waals surface area contributed by atoms with E-state index in [4.69, 9.17) is 16.3 Å². The molecule has 1 fully saturated rings. The maximum Gasteiger partial charge on any atom is 0.188 e. The van der Waals surface area contributed by atoms with Crippen LogP contribution in [0.5, 0.6) is 5.75 Å². The quantitative estimate of drug-likeness (QED) is 0.545. The Kier molecular flexibility index (Phi) is 6.16. The molecule has 6 heteroatoms. The first-order valence-electron chi connectivity index (χ1n) is 9.78. The summed E-state index contributed by atoms with van der Waals surface area (Å²) in [6.07, 6.45) is -0.0610. The first-order valence-corrected chi connectivity index (χ1v) is 10.2. The van der Waals surface area contributed by atoms with Crippen molar-refractivity contribution < 1.29 is 24.2 Å². The van der Waals surface area contributed by atoms with Crippen LogP contribution in [0.1, 0.15) is 54.9 Å². The molecule has 0 saturated heterocycles. The molecule has 0 amide bonds. The van der Waals surface area contributed by atoms with Gasteiger partial charge in [0.15, 0.2) is 23.0 Å². The van der Waals surface area contributed by atoms with Crippen molar-refractivity contribution in [1.82, 2.24) is 0 Å². The molecule has 0 radical (unpaired) electrons. The third-order valence-electron chi connectivity index (χ3n) is 5.71. The molecule has 1 saturated carbocycles. The number of rotatable bonds is 6. The molecular formula is C24H25ClO5. The number of halogens is 1. The van der Waals surface area contributed by atoms with Gasteiger partial charge in [0.1, 0.15) is 5.75 Å². The lowest BCUT2D eigenvalue weighted by molar-refractivity contribution is -0.161. The van der Waals surface area contributed by atoms with Gasteiger partial charge >= 0.3 is 0 Å². The monoisotopic (exact) mass is 428 g/mol. The van der Waals surface area contributed by atoms with Crippen LogP contribution in [0.25, 0.3) is 0 Å². The highest BCUT2D eigenvalue weighted by molar-refractivity contribution is 6.30. The minimum absolute atomic E-state index is 0.0655. The van der Waals surface area contributed by atoms with Crippen molar-refractivity contribution in [3.8, 4) is 5.75 Å². The number of carbonyl (C=O) groups excluding carboxylic acids is 3. The zero-order valence-electron chi connectivity index (χ0n) is 17.3. The van der Waals surface area contributed by atoms with E-state index >= 15 is 0 Å². The molecule has 1 aliphatic carbocycles. The van der Waals surface area contributed by atoms with Crippen molar-refractivity contribution in [2.75, 3.05) is 7.11 Å². The summed E-state index contributed by atoms with van der Waals surface area (Å²) < 4.78 is 5.12. The van der Waals surface area contributed by atoms with Gasteiger partial charge < -0.3 is 9.84 Å². The van der Waals surface area contributed by atoms with E-state index in [1.807, 2.05) is 13.8 Å². The number of methoxy groups -OCH3 is 1. The number of hydrogen-bond donors (Lipinski definition) is 1. The highest BCUT2D eigenvalue weighted by atomic mass is 35.5. The van der Waals surface area contributed by atoms with Crippen LogP contribution < -0.4 is 4.74 Å². The van der Waals surface area contributed by atoms with Crippen LogP contribution in [0.3, 0.4) is 0 Å². The van der Waals surface area contributed by atoms with Crippen molar-refractivity contribution >= 4 is 29.0 Å². The molecule has 1 unspecified atom stereocenters. The average molecular weight is 429 g/mol. The van der Waals surface area contributed by atoms with E-state index in [-0.39, 0.29) is 25.0 Å². The van der Waals surface area contributed by atoms with Crippen molar-refractivity contribution in [2.24, 2.45) is 5.41 Å². The molecule has 1 N–H and O–H groups in total. The van der Waals surface area contributed by atoms with Gasteiger partial charge in [-0.3, -0.25) is 14.4 Å². The van der Waals surface area contributed by atoms with E-state index in [9.17, 15) is 19.5 Å². The Hall–Kier alpha value is -2.50. The fourth-order valence-electron chi connectivity index (χ4n) is 4.03. The minimum atomic E-state index is -2.24. The standard InChI is InChI=1S/C24H25ClO5/c1-23(2)13-21(27)24(29,22(28)14-23)19(15-4-8-17(25)9-5-15)12-20(26)16-6-10-18(30-3)11-7-16/h4-11,19,29H,12-14H2,1-3H3. The van der Waals surface area contributed by atoms with E-state index in [0.29, 0.717) is 21.9 Å². The molecule has 0 spiro atoms. The molecule has 5 nitrogen and oxygen atoms in total. The summed E-state index contributed by atoms with van der Waals surface area (Å²) in [7, 11) is 1.53. The number of ketones is 3. The first-order chi connectivity index (χ1) is 14.1. The third kappa shape index (κ3) is 4.32. The molecule has 1 aliphatic rings. The highest BCUT2D eigenvalue weighted by Gasteiger charge is 2.55. The summed E-state index contributed by atoms with van der Waals surface area (Å²) >= 11 is 5.99. The maximum atomic E-state index is 13.0. The van der Waals surface area contributed by atoms with Gasteiger partial charge in [-0.1, -0.05) is 37.6 Å². The summed E-state index contributed by atoms with van der Waals surface area (Å²) in [6.45, 7) is 3.64. The van der Waals surface area contributed by atoms with Crippen LogP contribution in [0, 0.1) is 5.41 Å². The van der Waals surface area contributed by atoms with Gasteiger partial charge in [0, 0.05) is 35.8 Å². The van der Waals surface area contributed by atoms with Crippen molar-refractivity contribution in [1.29, 1.82) is 0 Å². The maximum absolute atomic E-state index is 13.0. The van der Waals surface area contributed by atoms with E-state index in [1.165, 1.54) is 7.11 Å². The largest absolute Gasteiger partial charge is 0.497 e. The molecule has 2 aromatic carbocycles. The predicted octanol–water partition coefficient (Wildman–Crippen LogP) is 4.39. The number of aliphatic hydroxyl groups is 1. The summed E-state index contributed by atoms with van der Waals surface area (Å²) in [5, 5.41) is 11.9. The summed E-state index contributed by atoms with van der Waals surface area (Å²) in [6, 6.07) is 13.1. The minimum Gasteiger partial charge on any atom is -0.497 e.